The first-order valence-corrected chi connectivity index (χ1v) is 7.99. The van der Waals surface area contributed by atoms with Crippen LogP contribution in [-0.2, 0) is 0 Å². The monoisotopic (exact) mass is 322 g/mol. The van der Waals surface area contributed by atoms with Crippen LogP contribution in [0.2, 0.25) is 0 Å². The lowest BCUT2D eigenvalue weighted by atomic mass is 9.84. The lowest BCUT2D eigenvalue weighted by Crippen LogP contribution is -2.04. The van der Waals surface area contributed by atoms with Gasteiger partial charge < -0.3 is 0 Å². The minimum atomic E-state index is 0.686. The number of benzene rings is 1. The standard InChI is InChI=1S/C14H15BrN2S/c15-14-16-13(18-17-14)12-8-4-7-11(9-12)10-5-2-1-3-6-10/h4,7-10H,1-3,5-6H2. The predicted octanol–water partition coefficient (Wildman–Crippen LogP) is 5.02. The fraction of sp³-hybridized carbons (Fsp3) is 0.429. The molecule has 94 valence electrons. The molecule has 0 N–H and O–H groups in total. The zero-order chi connectivity index (χ0) is 12.4. The zero-order valence-corrected chi connectivity index (χ0v) is 12.5. The minimum absolute atomic E-state index is 0.686. The van der Waals surface area contributed by atoms with Crippen molar-refractivity contribution < 1.29 is 0 Å². The molecule has 2 aromatic rings. The minimum Gasteiger partial charge on any atom is -0.209 e. The molecule has 0 atom stereocenters. The van der Waals surface area contributed by atoms with Crippen LogP contribution in [0.5, 0.6) is 0 Å². The van der Waals surface area contributed by atoms with Crippen molar-refractivity contribution >= 4 is 27.5 Å². The van der Waals surface area contributed by atoms with E-state index in [-0.39, 0.29) is 0 Å². The average Bonchev–Trinajstić information content (AvgIpc) is 2.87. The van der Waals surface area contributed by atoms with Gasteiger partial charge in [-0.05, 0) is 57.9 Å². The molecule has 18 heavy (non-hydrogen) atoms. The summed E-state index contributed by atoms with van der Waals surface area (Å²) in [6.07, 6.45) is 6.82. The van der Waals surface area contributed by atoms with Crippen molar-refractivity contribution in [3.05, 3.63) is 34.6 Å². The number of rotatable bonds is 2. The molecule has 3 rings (SSSR count). The Kier molecular flexibility index (Phi) is 3.75. The van der Waals surface area contributed by atoms with E-state index >= 15 is 0 Å². The summed E-state index contributed by atoms with van der Waals surface area (Å²) >= 11 is 4.76. The molecular weight excluding hydrogens is 308 g/mol. The number of halogens is 1. The summed E-state index contributed by atoms with van der Waals surface area (Å²) < 4.78 is 4.87. The molecule has 0 amide bonds. The van der Waals surface area contributed by atoms with Crippen molar-refractivity contribution in [3.8, 4) is 10.6 Å². The van der Waals surface area contributed by atoms with Gasteiger partial charge in [-0.25, -0.2) is 4.98 Å². The summed E-state index contributed by atoms with van der Waals surface area (Å²) in [4.78, 5) is 4.39. The van der Waals surface area contributed by atoms with Crippen LogP contribution >= 0.6 is 27.5 Å². The van der Waals surface area contributed by atoms with E-state index in [1.165, 1.54) is 54.8 Å². The SMILES string of the molecule is Brc1nsc(-c2cccc(C3CCCCC3)c2)n1. The van der Waals surface area contributed by atoms with E-state index in [0.29, 0.717) is 4.73 Å². The molecule has 1 aromatic carbocycles. The van der Waals surface area contributed by atoms with Gasteiger partial charge in [-0.15, -0.1) is 0 Å². The van der Waals surface area contributed by atoms with Gasteiger partial charge in [-0.1, -0.05) is 37.5 Å². The van der Waals surface area contributed by atoms with Gasteiger partial charge in [0, 0.05) is 5.56 Å². The molecular formula is C14H15BrN2S. The van der Waals surface area contributed by atoms with Crippen LogP contribution in [0.15, 0.2) is 29.0 Å². The van der Waals surface area contributed by atoms with E-state index in [4.69, 9.17) is 0 Å². The Bertz CT molecular complexity index is 532. The van der Waals surface area contributed by atoms with Gasteiger partial charge in [0.05, 0.1) is 0 Å². The molecule has 0 unspecified atom stereocenters. The van der Waals surface area contributed by atoms with Crippen LogP contribution in [0.3, 0.4) is 0 Å². The summed E-state index contributed by atoms with van der Waals surface area (Å²) in [6, 6.07) is 8.83. The van der Waals surface area contributed by atoms with Crippen LogP contribution in [0.4, 0.5) is 0 Å². The van der Waals surface area contributed by atoms with E-state index in [1.807, 2.05) is 0 Å². The maximum Gasteiger partial charge on any atom is 0.209 e. The van der Waals surface area contributed by atoms with Crippen molar-refractivity contribution in [3.63, 3.8) is 0 Å². The van der Waals surface area contributed by atoms with Crippen LogP contribution in [0.25, 0.3) is 10.6 Å². The van der Waals surface area contributed by atoms with Gasteiger partial charge >= 0.3 is 0 Å². The van der Waals surface area contributed by atoms with E-state index in [9.17, 15) is 0 Å². The molecule has 1 fully saturated rings. The maximum absolute atomic E-state index is 4.39. The fourth-order valence-corrected chi connectivity index (χ4v) is 3.76. The van der Waals surface area contributed by atoms with Crippen molar-refractivity contribution in [2.24, 2.45) is 0 Å². The second kappa shape index (κ2) is 5.49. The highest BCUT2D eigenvalue weighted by molar-refractivity contribution is 9.10. The van der Waals surface area contributed by atoms with E-state index < -0.39 is 0 Å². The Morgan fingerprint density at radius 3 is 2.72 bits per heavy atom. The van der Waals surface area contributed by atoms with Crippen molar-refractivity contribution in [2.45, 2.75) is 38.0 Å². The quantitative estimate of drug-likeness (QED) is 0.776. The Labute approximate surface area is 120 Å². The van der Waals surface area contributed by atoms with Crippen LogP contribution in [0, 0.1) is 0 Å². The second-order valence-corrected chi connectivity index (χ2v) is 6.29. The summed E-state index contributed by atoms with van der Waals surface area (Å²) in [5, 5.41) is 1.000. The van der Waals surface area contributed by atoms with E-state index in [2.05, 4.69) is 49.6 Å². The second-order valence-electron chi connectivity index (χ2n) is 4.83. The largest absolute Gasteiger partial charge is 0.209 e. The topological polar surface area (TPSA) is 25.8 Å². The molecule has 0 radical (unpaired) electrons. The van der Waals surface area contributed by atoms with Gasteiger partial charge in [0.25, 0.3) is 0 Å². The molecule has 0 spiro atoms. The zero-order valence-electron chi connectivity index (χ0n) is 10.1. The van der Waals surface area contributed by atoms with Crippen LogP contribution in [0.1, 0.15) is 43.6 Å². The van der Waals surface area contributed by atoms with E-state index in [0.717, 1.165) is 10.9 Å². The highest BCUT2D eigenvalue weighted by Crippen LogP contribution is 2.34. The fourth-order valence-electron chi connectivity index (χ4n) is 2.68. The third-order valence-corrected chi connectivity index (χ3v) is 4.96. The molecule has 2 nitrogen and oxygen atoms in total. The molecule has 1 aromatic heterocycles. The van der Waals surface area contributed by atoms with Crippen LogP contribution < -0.4 is 0 Å². The highest BCUT2D eigenvalue weighted by atomic mass is 79.9. The lowest BCUT2D eigenvalue weighted by molar-refractivity contribution is 0.444. The van der Waals surface area contributed by atoms with Crippen molar-refractivity contribution in [2.75, 3.05) is 0 Å². The Morgan fingerprint density at radius 2 is 2.00 bits per heavy atom. The van der Waals surface area contributed by atoms with Gasteiger partial charge in [0.15, 0.2) is 0 Å². The Morgan fingerprint density at radius 1 is 1.17 bits per heavy atom. The first kappa shape index (κ1) is 12.3. The first-order valence-electron chi connectivity index (χ1n) is 6.42. The van der Waals surface area contributed by atoms with Crippen molar-refractivity contribution in [1.82, 2.24) is 9.36 Å². The highest BCUT2D eigenvalue weighted by Gasteiger charge is 2.16. The number of hydrogen-bond acceptors (Lipinski definition) is 3. The van der Waals surface area contributed by atoms with E-state index in [1.54, 1.807) is 0 Å². The lowest BCUT2D eigenvalue weighted by Gasteiger charge is -2.22. The molecule has 1 heterocycles. The molecule has 0 aliphatic heterocycles. The molecule has 0 bridgehead atoms. The predicted molar refractivity (Wildman–Crippen MR) is 78.9 cm³/mol. The Hall–Kier alpha value is -0.740. The maximum atomic E-state index is 4.39. The molecule has 1 saturated carbocycles. The number of nitrogens with zero attached hydrogens (tertiary/aromatic N) is 2. The summed E-state index contributed by atoms with van der Waals surface area (Å²) in [5.41, 5.74) is 2.67. The van der Waals surface area contributed by atoms with Crippen LogP contribution in [-0.4, -0.2) is 9.36 Å². The first-order chi connectivity index (χ1) is 8.83. The molecule has 1 aliphatic rings. The summed E-state index contributed by atoms with van der Waals surface area (Å²) in [6.45, 7) is 0. The van der Waals surface area contributed by atoms with Gasteiger partial charge in [0.1, 0.15) is 5.01 Å². The summed E-state index contributed by atoms with van der Waals surface area (Å²) in [5.74, 6) is 0.745. The third kappa shape index (κ3) is 2.64. The third-order valence-electron chi connectivity index (χ3n) is 3.61. The number of hydrogen-bond donors (Lipinski definition) is 0. The average molecular weight is 323 g/mol. The Balaban J connectivity index is 1.88. The molecule has 0 saturated heterocycles. The molecule has 1 aliphatic carbocycles. The normalized spacial score (nSPS) is 16.9. The number of aromatic nitrogens is 2. The van der Waals surface area contributed by atoms with Crippen molar-refractivity contribution in [1.29, 1.82) is 0 Å². The van der Waals surface area contributed by atoms with Gasteiger partial charge in [0.2, 0.25) is 4.73 Å². The molecule has 4 heteroatoms. The van der Waals surface area contributed by atoms with Gasteiger partial charge in [-0.2, -0.15) is 4.37 Å². The smallest absolute Gasteiger partial charge is 0.209 e. The van der Waals surface area contributed by atoms with Gasteiger partial charge in [-0.3, -0.25) is 0 Å². The summed E-state index contributed by atoms with van der Waals surface area (Å²) in [7, 11) is 0.